The Labute approximate surface area is 124 Å². The van der Waals surface area contributed by atoms with Crippen molar-refractivity contribution in [2.24, 2.45) is 5.73 Å². The zero-order valence-electron chi connectivity index (χ0n) is 13.1. The smallest absolute Gasteiger partial charge is 0.0470 e. The Kier molecular flexibility index (Phi) is 6.06. The van der Waals surface area contributed by atoms with E-state index < -0.39 is 0 Å². The van der Waals surface area contributed by atoms with Gasteiger partial charge >= 0.3 is 0 Å². The van der Waals surface area contributed by atoms with E-state index in [2.05, 4.69) is 43.1 Å². The van der Waals surface area contributed by atoms with E-state index in [1.54, 1.807) is 0 Å². The highest BCUT2D eigenvalue weighted by Gasteiger charge is 2.23. The minimum absolute atomic E-state index is 0.365. The highest BCUT2D eigenvalue weighted by Crippen LogP contribution is 2.28. The summed E-state index contributed by atoms with van der Waals surface area (Å²) in [5.74, 6) is 0. The average molecular weight is 274 g/mol. The second-order valence-electron chi connectivity index (χ2n) is 6.16. The standard InChI is InChI=1S/C18H30N2/c1-3-15-10-12-16(13-11-15)18(14-19)20(2)17-8-6-4-5-7-9-17/h10-13,17-18H,3-9,14,19H2,1-2H3. The van der Waals surface area contributed by atoms with Gasteiger partial charge in [0.1, 0.15) is 0 Å². The van der Waals surface area contributed by atoms with Crippen LogP contribution in [-0.4, -0.2) is 24.5 Å². The van der Waals surface area contributed by atoms with Crippen molar-refractivity contribution < 1.29 is 0 Å². The van der Waals surface area contributed by atoms with Crippen LogP contribution >= 0.6 is 0 Å². The zero-order valence-corrected chi connectivity index (χ0v) is 13.1. The molecule has 0 spiro atoms. The van der Waals surface area contributed by atoms with Gasteiger partial charge in [-0.3, -0.25) is 4.90 Å². The van der Waals surface area contributed by atoms with Crippen molar-refractivity contribution in [2.75, 3.05) is 13.6 Å². The third-order valence-corrected chi connectivity index (χ3v) is 4.89. The topological polar surface area (TPSA) is 29.3 Å². The van der Waals surface area contributed by atoms with Crippen LogP contribution in [0.2, 0.25) is 0 Å². The Hall–Kier alpha value is -0.860. The lowest BCUT2D eigenvalue weighted by atomic mass is 9.99. The summed E-state index contributed by atoms with van der Waals surface area (Å²) in [7, 11) is 2.27. The number of hydrogen-bond acceptors (Lipinski definition) is 2. The van der Waals surface area contributed by atoms with Crippen LogP contribution in [-0.2, 0) is 6.42 Å². The van der Waals surface area contributed by atoms with E-state index >= 15 is 0 Å². The SMILES string of the molecule is CCc1ccc(C(CN)N(C)C2CCCCCC2)cc1. The van der Waals surface area contributed by atoms with E-state index in [0.717, 1.165) is 6.42 Å². The maximum atomic E-state index is 6.08. The van der Waals surface area contributed by atoms with Crippen LogP contribution in [0.5, 0.6) is 0 Å². The molecule has 1 aliphatic rings. The van der Waals surface area contributed by atoms with Crippen LogP contribution in [0.25, 0.3) is 0 Å². The molecule has 0 heterocycles. The summed E-state index contributed by atoms with van der Waals surface area (Å²) >= 11 is 0. The average Bonchev–Trinajstić information content (AvgIpc) is 2.77. The van der Waals surface area contributed by atoms with Gasteiger partial charge in [-0.2, -0.15) is 0 Å². The van der Waals surface area contributed by atoms with Gasteiger partial charge in [0.25, 0.3) is 0 Å². The van der Waals surface area contributed by atoms with E-state index in [9.17, 15) is 0 Å². The van der Waals surface area contributed by atoms with Gasteiger partial charge in [0.05, 0.1) is 0 Å². The van der Waals surface area contributed by atoms with E-state index in [1.165, 1.54) is 49.7 Å². The lowest BCUT2D eigenvalue weighted by Gasteiger charge is -2.34. The summed E-state index contributed by atoms with van der Waals surface area (Å²) in [5, 5.41) is 0. The minimum Gasteiger partial charge on any atom is -0.329 e. The van der Waals surface area contributed by atoms with Crippen molar-refractivity contribution in [2.45, 2.75) is 64.0 Å². The molecule has 2 N–H and O–H groups in total. The molecular weight excluding hydrogens is 244 g/mol. The summed E-state index contributed by atoms with van der Waals surface area (Å²) in [5.41, 5.74) is 8.86. The molecule has 1 saturated carbocycles. The van der Waals surface area contributed by atoms with Crippen molar-refractivity contribution in [3.8, 4) is 0 Å². The Morgan fingerprint density at radius 1 is 1.10 bits per heavy atom. The predicted octanol–water partition coefficient (Wildman–Crippen LogP) is 3.90. The Morgan fingerprint density at radius 2 is 1.70 bits per heavy atom. The van der Waals surface area contributed by atoms with Crippen LogP contribution in [0.15, 0.2) is 24.3 Å². The minimum atomic E-state index is 0.365. The molecular formula is C18H30N2. The third-order valence-electron chi connectivity index (χ3n) is 4.89. The number of nitrogens with two attached hydrogens (primary N) is 1. The summed E-state index contributed by atoms with van der Waals surface area (Å²) in [6.07, 6.45) is 9.33. The first-order valence-corrected chi connectivity index (χ1v) is 8.27. The van der Waals surface area contributed by atoms with Gasteiger partial charge in [0.2, 0.25) is 0 Å². The van der Waals surface area contributed by atoms with Crippen molar-refractivity contribution in [3.63, 3.8) is 0 Å². The van der Waals surface area contributed by atoms with Gasteiger partial charge in [-0.1, -0.05) is 56.9 Å². The molecule has 1 unspecified atom stereocenters. The fraction of sp³-hybridized carbons (Fsp3) is 0.667. The van der Waals surface area contributed by atoms with E-state index in [1.807, 2.05) is 0 Å². The normalized spacial score (nSPS) is 19.0. The van der Waals surface area contributed by atoms with Gasteiger partial charge in [0, 0.05) is 18.6 Å². The predicted molar refractivity (Wildman–Crippen MR) is 86.9 cm³/mol. The fourth-order valence-electron chi connectivity index (χ4n) is 3.43. The van der Waals surface area contributed by atoms with Crippen molar-refractivity contribution in [1.82, 2.24) is 4.90 Å². The highest BCUT2D eigenvalue weighted by atomic mass is 15.2. The summed E-state index contributed by atoms with van der Waals surface area (Å²) in [6.45, 7) is 2.91. The van der Waals surface area contributed by atoms with Crippen LogP contribution in [0, 0.1) is 0 Å². The third kappa shape index (κ3) is 3.83. The molecule has 1 atom stereocenters. The molecule has 2 nitrogen and oxygen atoms in total. The summed E-state index contributed by atoms with van der Waals surface area (Å²) < 4.78 is 0. The Morgan fingerprint density at radius 3 is 2.20 bits per heavy atom. The largest absolute Gasteiger partial charge is 0.329 e. The Bertz CT molecular complexity index is 377. The van der Waals surface area contributed by atoms with Crippen LogP contribution < -0.4 is 5.73 Å². The molecule has 1 aliphatic carbocycles. The lowest BCUT2D eigenvalue weighted by molar-refractivity contribution is 0.161. The number of rotatable bonds is 5. The number of hydrogen-bond donors (Lipinski definition) is 1. The van der Waals surface area contributed by atoms with E-state index in [0.29, 0.717) is 18.6 Å². The molecule has 0 bridgehead atoms. The lowest BCUT2D eigenvalue weighted by Crippen LogP contribution is -2.38. The number of likely N-dealkylation sites (N-methyl/N-ethyl adjacent to an activating group) is 1. The Balaban J connectivity index is 2.08. The van der Waals surface area contributed by atoms with E-state index in [4.69, 9.17) is 5.73 Å². The molecule has 0 saturated heterocycles. The van der Waals surface area contributed by atoms with Gasteiger partial charge in [0.15, 0.2) is 0 Å². The molecule has 0 aromatic heterocycles. The molecule has 0 aliphatic heterocycles. The summed E-state index contributed by atoms with van der Waals surface area (Å²) in [4.78, 5) is 2.53. The number of nitrogens with zero attached hydrogens (tertiary/aromatic N) is 1. The second kappa shape index (κ2) is 7.80. The second-order valence-corrected chi connectivity index (χ2v) is 6.16. The maximum absolute atomic E-state index is 6.08. The summed E-state index contributed by atoms with van der Waals surface area (Å²) in [6, 6.07) is 10.1. The van der Waals surface area contributed by atoms with Crippen molar-refractivity contribution >= 4 is 0 Å². The van der Waals surface area contributed by atoms with Crippen LogP contribution in [0.4, 0.5) is 0 Å². The first kappa shape index (κ1) is 15.5. The van der Waals surface area contributed by atoms with Gasteiger partial charge in [-0.25, -0.2) is 0 Å². The van der Waals surface area contributed by atoms with Crippen molar-refractivity contribution in [1.29, 1.82) is 0 Å². The molecule has 0 radical (unpaired) electrons. The molecule has 1 aromatic rings. The first-order valence-electron chi connectivity index (χ1n) is 8.27. The number of aryl methyl sites for hydroxylation is 1. The maximum Gasteiger partial charge on any atom is 0.0470 e. The molecule has 0 amide bonds. The monoisotopic (exact) mass is 274 g/mol. The van der Waals surface area contributed by atoms with Crippen molar-refractivity contribution in [3.05, 3.63) is 35.4 Å². The molecule has 2 rings (SSSR count). The van der Waals surface area contributed by atoms with Crippen LogP contribution in [0.1, 0.15) is 62.6 Å². The van der Waals surface area contributed by atoms with Gasteiger partial charge in [-0.05, 0) is 37.4 Å². The fourth-order valence-corrected chi connectivity index (χ4v) is 3.43. The zero-order chi connectivity index (χ0) is 14.4. The highest BCUT2D eigenvalue weighted by molar-refractivity contribution is 5.25. The first-order chi connectivity index (χ1) is 9.76. The van der Waals surface area contributed by atoms with Crippen LogP contribution in [0.3, 0.4) is 0 Å². The van der Waals surface area contributed by atoms with Gasteiger partial charge < -0.3 is 5.73 Å². The molecule has 1 fully saturated rings. The molecule has 1 aromatic carbocycles. The molecule has 112 valence electrons. The number of benzene rings is 1. The quantitative estimate of drug-likeness (QED) is 0.825. The van der Waals surface area contributed by atoms with Gasteiger partial charge in [-0.15, -0.1) is 0 Å². The molecule has 20 heavy (non-hydrogen) atoms. The van der Waals surface area contributed by atoms with E-state index in [-0.39, 0.29) is 0 Å². The molecule has 2 heteroatoms.